The zero-order valence-electron chi connectivity index (χ0n) is 10.5. The van der Waals surface area contributed by atoms with E-state index in [0.29, 0.717) is 18.1 Å². The summed E-state index contributed by atoms with van der Waals surface area (Å²) in [5, 5.41) is 14.7. The maximum Gasteiger partial charge on any atom is 0.224 e. The molecule has 1 aromatic carbocycles. The van der Waals surface area contributed by atoms with E-state index in [9.17, 15) is 4.79 Å². The van der Waals surface area contributed by atoms with Crippen molar-refractivity contribution in [3.8, 4) is 0 Å². The minimum atomic E-state index is 0.0833. The average Bonchev–Trinajstić information content (AvgIpc) is 2.34. The van der Waals surface area contributed by atoms with Crippen LogP contribution in [0.15, 0.2) is 29.4 Å². The maximum atomic E-state index is 11.7. The third-order valence-electron chi connectivity index (χ3n) is 3.44. The van der Waals surface area contributed by atoms with E-state index >= 15 is 0 Å². The molecule has 0 aliphatic heterocycles. The zero-order valence-corrected chi connectivity index (χ0v) is 10.5. The number of benzene rings is 1. The summed E-state index contributed by atoms with van der Waals surface area (Å²) in [6.07, 6.45) is 4.24. The van der Waals surface area contributed by atoms with Gasteiger partial charge in [-0.3, -0.25) is 4.79 Å². The average molecular weight is 246 g/mol. The fourth-order valence-corrected chi connectivity index (χ4v) is 2.02. The van der Waals surface area contributed by atoms with Crippen molar-refractivity contribution in [3.63, 3.8) is 0 Å². The number of oxime groups is 1. The quantitative estimate of drug-likeness (QED) is 0.487. The van der Waals surface area contributed by atoms with Gasteiger partial charge in [-0.05, 0) is 43.4 Å². The first-order valence-corrected chi connectivity index (χ1v) is 6.28. The van der Waals surface area contributed by atoms with Crippen molar-refractivity contribution in [2.24, 2.45) is 11.1 Å². The fourth-order valence-electron chi connectivity index (χ4n) is 2.02. The number of carbonyl (C=O) groups is 1. The van der Waals surface area contributed by atoms with Crippen molar-refractivity contribution in [3.05, 3.63) is 29.8 Å². The number of amides is 1. The first kappa shape index (κ1) is 12.6. The molecule has 0 unspecified atom stereocenters. The van der Waals surface area contributed by atoms with Gasteiger partial charge in [0.2, 0.25) is 5.91 Å². The molecule has 1 amide bonds. The topological polar surface area (TPSA) is 61.7 Å². The molecule has 0 heterocycles. The first-order valence-electron chi connectivity index (χ1n) is 6.28. The molecule has 0 radical (unpaired) electrons. The number of anilines is 1. The van der Waals surface area contributed by atoms with Crippen molar-refractivity contribution in [1.29, 1.82) is 0 Å². The second-order valence-electron chi connectivity index (χ2n) is 4.81. The maximum absolute atomic E-state index is 11.7. The minimum absolute atomic E-state index is 0.0833. The van der Waals surface area contributed by atoms with E-state index < -0.39 is 0 Å². The summed E-state index contributed by atoms with van der Waals surface area (Å²) in [5.41, 5.74) is 2.19. The molecule has 2 rings (SSSR count). The first-order chi connectivity index (χ1) is 8.69. The molecule has 96 valence electrons. The lowest BCUT2D eigenvalue weighted by Crippen LogP contribution is -2.20. The minimum Gasteiger partial charge on any atom is -0.411 e. The largest absolute Gasteiger partial charge is 0.411 e. The Labute approximate surface area is 107 Å². The molecule has 18 heavy (non-hydrogen) atoms. The molecule has 0 aromatic heterocycles. The molecular formula is C14H18N2O2. The van der Waals surface area contributed by atoms with E-state index in [1.54, 1.807) is 6.92 Å². The molecule has 0 bridgehead atoms. The highest BCUT2D eigenvalue weighted by molar-refractivity contribution is 5.99. The van der Waals surface area contributed by atoms with Gasteiger partial charge in [-0.2, -0.15) is 0 Å². The molecule has 1 aliphatic rings. The Kier molecular flexibility index (Phi) is 3.97. The summed E-state index contributed by atoms with van der Waals surface area (Å²) in [7, 11) is 0. The second-order valence-corrected chi connectivity index (χ2v) is 4.81. The van der Waals surface area contributed by atoms with Crippen molar-refractivity contribution in [2.75, 3.05) is 5.32 Å². The van der Waals surface area contributed by atoms with Crippen molar-refractivity contribution in [1.82, 2.24) is 0 Å². The number of rotatable bonds is 4. The predicted molar refractivity (Wildman–Crippen MR) is 71.0 cm³/mol. The van der Waals surface area contributed by atoms with Gasteiger partial charge in [0.1, 0.15) is 0 Å². The van der Waals surface area contributed by atoms with Crippen molar-refractivity contribution >= 4 is 17.3 Å². The molecular weight excluding hydrogens is 228 g/mol. The number of hydrogen-bond acceptors (Lipinski definition) is 3. The summed E-state index contributed by atoms with van der Waals surface area (Å²) in [6.45, 7) is 1.73. The van der Waals surface area contributed by atoms with E-state index in [2.05, 4.69) is 10.5 Å². The monoisotopic (exact) mass is 246 g/mol. The van der Waals surface area contributed by atoms with Crippen LogP contribution < -0.4 is 5.32 Å². The molecule has 0 atom stereocenters. The molecule has 4 heteroatoms. The van der Waals surface area contributed by atoms with Crippen LogP contribution in [0.3, 0.4) is 0 Å². The Morgan fingerprint density at radius 2 is 2.06 bits per heavy atom. The second kappa shape index (κ2) is 5.67. The lowest BCUT2D eigenvalue weighted by atomic mass is 9.83. The number of hydrogen-bond donors (Lipinski definition) is 2. The number of carbonyl (C=O) groups excluding carboxylic acids is 1. The van der Waals surface area contributed by atoms with Crippen LogP contribution in [0.25, 0.3) is 0 Å². The smallest absolute Gasteiger partial charge is 0.224 e. The summed E-state index contributed by atoms with van der Waals surface area (Å²) < 4.78 is 0. The van der Waals surface area contributed by atoms with Crippen molar-refractivity contribution in [2.45, 2.75) is 32.6 Å². The number of nitrogens with one attached hydrogen (secondary N) is 1. The Balaban J connectivity index is 1.91. The summed E-state index contributed by atoms with van der Waals surface area (Å²) in [5.74, 6) is 0.660. The van der Waals surface area contributed by atoms with Crippen molar-refractivity contribution < 1.29 is 10.0 Å². The van der Waals surface area contributed by atoms with E-state index in [1.165, 1.54) is 19.3 Å². The molecule has 0 spiro atoms. The molecule has 1 aliphatic carbocycles. The van der Waals surface area contributed by atoms with Gasteiger partial charge in [-0.25, -0.2) is 0 Å². The third kappa shape index (κ3) is 3.09. The Morgan fingerprint density at radius 3 is 2.56 bits per heavy atom. The van der Waals surface area contributed by atoms with Gasteiger partial charge in [0.05, 0.1) is 5.71 Å². The Morgan fingerprint density at radius 1 is 1.39 bits per heavy atom. The lowest BCUT2D eigenvalue weighted by molar-refractivity contribution is -0.117. The van der Waals surface area contributed by atoms with Crippen LogP contribution in [0.2, 0.25) is 0 Å². The van der Waals surface area contributed by atoms with Gasteiger partial charge in [0, 0.05) is 12.1 Å². The zero-order chi connectivity index (χ0) is 13.0. The molecule has 1 saturated carbocycles. The van der Waals surface area contributed by atoms with Gasteiger partial charge in [0.25, 0.3) is 0 Å². The molecule has 4 nitrogen and oxygen atoms in total. The molecule has 1 aromatic rings. The van der Waals surface area contributed by atoms with E-state index in [1.807, 2.05) is 24.3 Å². The highest BCUT2D eigenvalue weighted by Crippen LogP contribution is 2.29. The third-order valence-corrected chi connectivity index (χ3v) is 3.44. The van der Waals surface area contributed by atoms with Crippen LogP contribution in [0.4, 0.5) is 5.69 Å². The van der Waals surface area contributed by atoms with E-state index in [4.69, 9.17) is 5.21 Å². The fraction of sp³-hybridized carbons (Fsp3) is 0.429. The van der Waals surface area contributed by atoms with Gasteiger partial charge in [-0.1, -0.05) is 23.7 Å². The van der Waals surface area contributed by atoms with E-state index in [-0.39, 0.29) is 5.91 Å². The Hall–Kier alpha value is -1.84. The van der Waals surface area contributed by atoms with Crippen LogP contribution in [-0.2, 0) is 4.79 Å². The van der Waals surface area contributed by atoms with Crippen LogP contribution >= 0.6 is 0 Å². The Bertz CT molecular complexity index is 447. The standard InChI is InChI=1S/C14H18N2O2/c1-10(16-18)12-5-7-13(8-6-12)15-14(17)9-11-3-2-4-11/h5-8,11,18H,2-4,9H2,1H3,(H,15,17)/b16-10-. The van der Waals surface area contributed by atoms with E-state index in [0.717, 1.165) is 11.3 Å². The van der Waals surface area contributed by atoms with Gasteiger partial charge < -0.3 is 10.5 Å². The van der Waals surface area contributed by atoms with Crippen LogP contribution in [0.5, 0.6) is 0 Å². The summed E-state index contributed by atoms with van der Waals surface area (Å²) in [4.78, 5) is 11.7. The van der Waals surface area contributed by atoms with Crippen LogP contribution in [0.1, 0.15) is 38.2 Å². The normalized spacial score (nSPS) is 16.2. The van der Waals surface area contributed by atoms with Gasteiger partial charge >= 0.3 is 0 Å². The number of nitrogens with zero attached hydrogens (tertiary/aromatic N) is 1. The summed E-state index contributed by atoms with van der Waals surface area (Å²) >= 11 is 0. The highest BCUT2D eigenvalue weighted by Gasteiger charge is 2.20. The molecule has 1 fully saturated rings. The molecule has 2 N–H and O–H groups in total. The lowest BCUT2D eigenvalue weighted by Gasteiger charge is -2.24. The van der Waals surface area contributed by atoms with Gasteiger partial charge in [0.15, 0.2) is 0 Å². The van der Waals surface area contributed by atoms with Crippen LogP contribution in [-0.4, -0.2) is 16.8 Å². The van der Waals surface area contributed by atoms with Gasteiger partial charge in [-0.15, -0.1) is 0 Å². The van der Waals surface area contributed by atoms with Crippen LogP contribution in [0, 0.1) is 5.92 Å². The summed E-state index contributed by atoms with van der Waals surface area (Å²) in [6, 6.07) is 7.30. The molecule has 0 saturated heterocycles. The predicted octanol–water partition coefficient (Wildman–Crippen LogP) is 3.01. The highest BCUT2D eigenvalue weighted by atomic mass is 16.4. The SMILES string of the molecule is C/C(=N/O)c1ccc(NC(=O)CC2CCC2)cc1.